The first-order valence-corrected chi connectivity index (χ1v) is 12.5. The van der Waals surface area contributed by atoms with Gasteiger partial charge in [-0.25, -0.2) is 9.78 Å². The van der Waals surface area contributed by atoms with Gasteiger partial charge in [0.2, 0.25) is 23.6 Å². The van der Waals surface area contributed by atoms with Crippen LogP contribution in [0.2, 0.25) is 0 Å². The normalized spacial score (nSPS) is 14.1. The van der Waals surface area contributed by atoms with Gasteiger partial charge in [0.1, 0.15) is 18.1 Å². The highest BCUT2D eigenvalue weighted by atomic mass is 32.1. The minimum atomic E-state index is -1.59. The van der Waals surface area contributed by atoms with Gasteiger partial charge in [-0.05, 0) is 18.1 Å². The SMILES string of the molecule is NC(=O)CC(NC(=O)C(CS)NC(=O)C(Cc1cnc[nH]1)NC(=O)C(N)Cc1c[nH]c2ccccc12)C(=O)O. The molecule has 0 spiro atoms. The van der Waals surface area contributed by atoms with Crippen molar-refractivity contribution in [1.29, 1.82) is 0 Å². The van der Waals surface area contributed by atoms with Gasteiger partial charge in [0.15, 0.2) is 0 Å². The highest BCUT2D eigenvalue weighted by molar-refractivity contribution is 7.80. The number of primary amides is 1. The number of nitrogens with one attached hydrogen (secondary N) is 5. The van der Waals surface area contributed by atoms with E-state index < -0.39 is 60.2 Å². The number of para-hydroxylation sites is 1. The molecule has 0 fully saturated rings. The predicted octanol–water partition coefficient (Wildman–Crippen LogP) is -1.65. The van der Waals surface area contributed by atoms with Gasteiger partial charge in [-0.15, -0.1) is 0 Å². The first kappa shape index (κ1) is 29.2. The van der Waals surface area contributed by atoms with Crippen LogP contribution >= 0.6 is 12.6 Å². The van der Waals surface area contributed by atoms with Crippen LogP contribution in [0.4, 0.5) is 0 Å². The zero-order valence-electron chi connectivity index (χ0n) is 20.7. The van der Waals surface area contributed by atoms with Crippen molar-refractivity contribution >= 4 is 53.1 Å². The molecule has 0 radical (unpaired) electrons. The number of hydrogen-bond acceptors (Lipinski definition) is 8. The first-order valence-electron chi connectivity index (χ1n) is 11.9. The Morgan fingerprint density at radius 1 is 0.949 bits per heavy atom. The number of fused-ring (bicyclic) bond motifs is 1. The molecule has 0 aliphatic carbocycles. The van der Waals surface area contributed by atoms with Crippen molar-refractivity contribution in [3.05, 3.63) is 54.2 Å². The predicted molar refractivity (Wildman–Crippen MR) is 143 cm³/mol. The Bertz CT molecular complexity index is 1330. The smallest absolute Gasteiger partial charge is 0.326 e. The molecular formula is C24H30N8O6S. The molecule has 4 unspecified atom stereocenters. The summed E-state index contributed by atoms with van der Waals surface area (Å²) in [6, 6.07) is 2.53. The van der Waals surface area contributed by atoms with Crippen molar-refractivity contribution in [2.24, 2.45) is 11.5 Å². The maximum Gasteiger partial charge on any atom is 0.326 e. The van der Waals surface area contributed by atoms with E-state index in [0.29, 0.717) is 5.69 Å². The second-order valence-electron chi connectivity index (χ2n) is 8.83. The van der Waals surface area contributed by atoms with Gasteiger partial charge < -0.3 is 42.5 Å². The number of H-pyrrole nitrogens is 2. The zero-order chi connectivity index (χ0) is 28.5. The fraction of sp³-hybridized carbons (Fsp3) is 0.333. The quantitative estimate of drug-likeness (QED) is 0.104. The molecule has 4 amide bonds. The maximum atomic E-state index is 13.2. The van der Waals surface area contributed by atoms with Crippen molar-refractivity contribution < 1.29 is 29.1 Å². The number of aromatic nitrogens is 3. The molecule has 1 aromatic carbocycles. The summed E-state index contributed by atoms with van der Waals surface area (Å²) < 4.78 is 0. The lowest BCUT2D eigenvalue weighted by Gasteiger charge is -2.24. The lowest BCUT2D eigenvalue weighted by molar-refractivity contribution is -0.143. The third-order valence-electron chi connectivity index (χ3n) is 5.90. The molecule has 10 N–H and O–H groups in total. The fourth-order valence-corrected chi connectivity index (χ4v) is 4.13. The lowest BCUT2D eigenvalue weighted by atomic mass is 10.0. The first-order chi connectivity index (χ1) is 18.6. The number of hydrogen-bond donors (Lipinski definition) is 9. The van der Waals surface area contributed by atoms with Crippen molar-refractivity contribution in [3.8, 4) is 0 Å². The lowest BCUT2D eigenvalue weighted by Crippen LogP contribution is -2.58. The van der Waals surface area contributed by atoms with Crippen molar-refractivity contribution in [1.82, 2.24) is 30.9 Å². The number of aromatic amines is 2. The zero-order valence-corrected chi connectivity index (χ0v) is 21.6. The van der Waals surface area contributed by atoms with Crippen LogP contribution in [0.1, 0.15) is 17.7 Å². The van der Waals surface area contributed by atoms with Crippen LogP contribution in [-0.4, -0.2) is 79.6 Å². The summed E-state index contributed by atoms with van der Waals surface area (Å²) in [5.41, 5.74) is 13.5. The van der Waals surface area contributed by atoms with E-state index in [-0.39, 0.29) is 18.6 Å². The van der Waals surface area contributed by atoms with Gasteiger partial charge in [-0.2, -0.15) is 12.6 Å². The number of carbonyl (C=O) groups excluding carboxylic acids is 4. The summed E-state index contributed by atoms with van der Waals surface area (Å²) in [6.07, 6.45) is 4.21. The molecule has 15 heteroatoms. The van der Waals surface area contributed by atoms with Gasteiger partial charge >= 0.3 is 5.97 Å². The molecule has 4 atom stereocenters. The molecule has 3 aromatic rings. The van der Waals surface area contributed by atoms with Crippen LogP contribution in [0.25, 0.3) is 10.9 Å². The van der Waals surface area contributed by atoms with Crippen LogP contribution in [0.5, 0.6) is 0 Å². The fourth-order valence-electron chi connectivity index (χ4n) is 3.87. The van der Waals surface area contributed by atoms with Crippen LogP contribution < -0.4 is 27.4 Å². The molecule has 3 rings (SSSR count). The Balaban J connectivity index is 1.70. The molecular weight excluding hydrogens is 528 g/mol. The van der Waals surface area contributed by atoms with Gasteiger partial charge in [0.25, 0.3) is 0 Å². The Morgan fingerprint density at radius 3 is 2.26 bits per heavy atom. The van der Waals surface area contributed by atoms with E-state index in [1.807, 2.05) is 24.3 Å². The number of nitrogens with two attached hydrogens (primary N) is 2. The Morgan fingerprint density at radius 2 is 1.62 bits per heavy atom. The number of carbonyl (C=O) groups is 5. The number of rotatable bonds is 14. The molecule has 0 saturated carbocycles. The summed E-state index contributed by atoms with van der Waals surface area (Å²) in [5.74, 6) is -4.84. The van der Waals surface area contributed by atoms with Crippen LogP contribution in [0.3, 0.4) is 0 Å². The topological polar surface area (TPSA) is 238 Å². The van der Waals surface area contributed by atoms with Crippen molar-refractivity contribution in [2.75, 3.05) is 5.75 Å². The summed E-state index contributed by atoms with van der Waals surface area (Å²) in [5, 5.41) is 17.4. The maximum absolute atomic E-state index is 13.2. The number of carboxylic acids is 1. The van der Waals surface area contributed by atoms with Gasteiger partial charge in [-0.1, -0.05) is 18.2 Å². The van der Waals surface area contributed by atoms with Gasteiger partial charge in [-0.3, -0.25) is 19.2 Å². The van der Waals surface area contributed by atoms with E-state index in [1.54, 1.807) is 6.20 Å². The molecule has 0 bridgehead atoms. The molecule has 14 nitrogen and oxygen atoms in total. The van der Waals surface area contributed by atoms with E-state index in [2.05, 4.69) is 43.5 Å². The number of imidazole rings is 1. The summed E-state index contributed by atoms with van der Waals surface area (Å²) in [4.78, 5) is 71.2. The van der Waals surface area contributed by atoms with E-state index in [9.17, 15) is 29.1 Å². The highest BCUT2D eigenvalue weighted by Crippen LogP contribution is 2.18. The Labute approximate surface area is 228 Å². The van der Waals surface area contributed by atoms with Crippen molar-refractivity contribution in [3.63, 3.8) is 0 Å². The molecule has 2 heterocycles. The average molecular weight is 559 g/mol. The summed E-state index contributed by atoms with van der Waals surface area (Å²) in [6.45, 7) is 0. The van der Waals surface area contributed by atoms with Gasteiger partial charge in [0.05, 0.1) is 18.8 Å². The second kappa shape index (κ2) is 13.4. The Kier molecular flexibility index (Phi) is 10.1. The van der Waals surface area contributed by atoms with Gasteiger partial charge in [0, 0.05) is 41.2 Å². The molecule has 0 aliphatic rings. The monoisotopic (exact) mass is 558 g/mol. The molecule has 2 aromatic heterocycles. The summed E-state index contributed by atoms with van der Waals surface area (Å²) >= 11 is 4.07. The Hall–Kier alpha value is -4.37. The third kappa shape index (κ3) is 8.05. The largest absolute Gasteiger partial charge is 0.480 e. The van der Waals surface area contributed by atoms with E-state index in [0.717, 1.165) is 16.5 Å². The molecule has 0 saturated heterocycles. The molecule has 208 valence electrons. The third-order valence-corrected chi connectivity index (χ3v) is 6.26. The summed E-state index contributed by atoms with van der Waals surface area (Å²) in [7, 11) is 0. The number of thiol groups is 1. The van der Waals surface area contributed by atoms with Crippen LogP contribution in [0, 0.1) is 0 Å². The van der Waals surface area contributed by atoms with Crippen molar-refractivity contribution in [2.45, 2.75) is 43.4 Å². The average Bonchev–Trinajstić information content (AvgIpc) is 3.56. The molecule has 0 aliphatic heterocycles. The van der Waals surface area contributed by atoms with Crippen LogP contribution in [0.15, 0.2) is 43.0 Å². The number of amides is 4. The van der Waals surface area contributed by atoms with E-state index in [4.69, 9.17) is 11.5 Å². The second-order valence-corrected chi connectivity index (χ2v) is 9.19. The minimum absolute atomic E-state index is 0.00227. The van der Waals surface area contributed by atoms with E-state index >= 15 is 0 Å². The number of aliphatic carboxylic acids is 1. The number of carboxylic acid groups (broad SMARTS) is 1. The number of benzene rings is 1. The van der Waals surface area contributed by atoms with Crippen LogP contribution in [-0.2, 0) is 36.8 Å². The minimum Gasteiger partial charge on any atom is -0.480 e. The standard InChI is InChI=1S/C24H30N8O6S/c25-15(5-12-8-28-16-4-2-1-3-14(12)16)21(34)30-17(6-13-9-27-11-29-13)22(35)32-19(10-39)23(36)31-18(24(37)38)7-20(26)33/h1-4,8-9,11,15,17-19,28,39H,5-7,10,25H2,(H2,26,33)(H,27,29)(H,30,34)(H,31,36)(H,32,35)(H,37,38). The van der Waals surface area contributed by atoms with E-state index in [1.165, 1.54) is 12.5 Å². The number of nitrogens with zero attached hydrogens (tertiary/aromatic N) is 1. The highest BCUT2D eigenvalue weighted by Gasteiger charge is 2.31. The molecule has 39 heavy (non-hydrogen) atoms.